The van der Waals surface area contributed by atoms with Gasteiger partial charge in [0.15, 0.2) is 10.3 Å². The Morgan fingerprint density at radius 1 is 1.26 bits per heavy atom. The molecule has 5 rings (SSSR count). The molecule has 4 aromatic heterocycles. The summed E-state index contributed by atoms with van der Waals surface area (Å²) < 4.78 is 1.85. The number of rotatable bonds is 4. The van der Waals surface area contributed by atoms with Gasteiger partial charge in [-0.05, 0) is 43.5 Å². The van der Waals surface area contributed by atoms with Gasteiger partial charge in [0.05, 0.1) is 22.0 Å². The first-order valence-electron chi connectivity index (χ1n) is 10.0. The number of hydrogen-bond acceptors (Lipinski definition) is 6. The maximum atomic E-state index is 11.6. The Hall–Kier alpha value is -3.10. The van der Waals surface area contributed by atoms with Gasteiger partial charge in [-0.15, -0.1) is 0 Å². The van der Waals surface area contributed by atoms with Crippen molar-refractivity contribution < 1.29 is 4.79 Å². The SMILES string of the molecule is CCc1ccc(-c2nn(-c3cccnc3Cl)c3c2CCc2nc(NC(C)=O)sc2-3)cn1. The molecular weight excluding hydrogens is 432 g/mol. The third-order valence-corrected chi connectivity index (χ3v) is 6.53. The van der Waals surface area contributed by atoms with Gasteiger partial charge in [0.1, 0.15) is 5.69 Å². The van der Waals surface area contributed by atoms with E-state index in [1.807, 2.05) is 29.1 Å². The van der Waals surface area contributed by atoms with Crippen LogP contribution in [-0.4, -0.2) is 30.6 Å². The van der Waals surface area contributed by atoms with Crippen molar-refractivity contribution in [2.24, 2.45) is 0 Å². The quantitative estimate of drug-likeness (QED) is 0.454. The van der Waals surface area contributed by atoms with E-state index in [0.29, 0.717) is 16.0 Å². The molecule has 9 heteroatoms. The normalized spacial score (nSPS) is 12.4. The van der Waals surface area contributed by atoms with Crippen molar-refractivity contribution in [1.29, 1.82) is 0 Å². The lowest BCUT2D eigenvalue weighted by atomic mass is 9.95. The van der Waals surface area contributed by atoms with Gasteiger partial charge in [0.2, 0.25) is 5.91 Å². The van der Waals surface area contributed by atoms with Gasteiger partial charge in [-0.25, -0.2) is 14.6 Å². The number of amides is 1. The molecule has 4 heterocycles. The maximum absolute atomic E-state index is 11.6. The smallest absolute Gasteiger partial charge is 0.223 e. The second-order valence-corrected chi connectivity index (χ2v) is 8.63. The monoisotopic (exact) mass is 450 g/mol. The van der Waals surface area contributed by atoms with Crippen LogP contribution in [0.1, 0.15) is 30.8 Å². The summed E-state index contributed by atoms with van der Waals surface area (Å²) in [6.07, 6.45) is 5.98. The van der Waals surface area contributed by atoms with Crippen LogP contribution in [0.15, 0.2) is 36.7 Å². The molecule has 0 unspecified atom stereocenters. The number of aryl methyl sites for hydroxylation is 2. The molecule has 4 aromatic rings. The highest BCUT2D eigenvalue weighted by Crippen LogP contribution is 2.44. The van der Waals surface area contributed by atoms with E-state index in [4.69, 9.17) is 16.7 Å². The molecule has 156 valence electrons. The zero-order chi connectivity index (χ0) is 21.5. The van der Waals surface area contributed by atoms with Gasteiger partial charge in [0, 0.05) is 36.1 Å². The molecule has 0 saturated heterocycles. The Morgan fingerprint density at radius 2 is 2.13 bits per heavy atom. The summed E-state index contributed by atoms with van der Waals surface area (Å²) in [7, 11) is 0. The van der Waals surface area contributed by atoms with Crippen molar-refractivity contribution in [3.8, 4) is 27.5 Å². The predicted octanol–water partition coefficient (Wildman–Crippen LogP) is 4.73. The van der Waals surface area contributed by atoms with Crippen LogP contribution in [0.2, 0.25) is 5.15 Å². The fraction of sp³-hybridized carbons (Fsp3) is 0.227. The first kappa shape index (κ1) is 19.8. The number of pyridine rings is 2. The highest BCUT2D eigenvalue weighted by atomic mass is 35.5. The minimum Gasteiger partial charge on any atom is -0.302 e. The van der Waals surface area contributed by atoms with Crippen LogP contribution in [0.3, 0.4) is 0 Å². The lowest BCUT2D eigenvalue weighted by molar-refractivity contribution is -0.114. The lowest BCUT2D eigenvalue weighted by Crippen LogP contribution is -2.07. The second-order valence-electron chi connectivity index (χ2n) is 7.27. The van der Waals surface area contributed by atoms with E-state index < -0.39 is 0 Å². The molecule has 0 fully saturated rings. The Balaban J connectivity index is 1.73. The van der Waals surface area contributed by atoms with Crippen molar-refractivity contribution in [2.45, 2.75) is 33.1 Å². The summed E-state index contributed by atoms with van der Waals surface area (Å²) in [6.45, 7) is 3.57. The lowest BCUT2D eigenvalue weighted by Gasteiger charge is -2.14. The van der Waals surface area contributed by atoms with E-state index in [1.54, 1.807) is 6.20 Å². The van der Waals surface area contributed by atoms with E-state index >= 15 is 0 Å². The highest BCUT2D eigenvalue weighted by Gasteiger charge is 2.30. The van der Waals surface area contributed by atoms with Crippen molar-refractivity contribution >= 4 is 34.0 Å². The zero-order valence-electron chi connectivity index (χ0n) is 17.0. The fourth-order valence-electron chi connectivity index (χ4n) is 3.79. The molecule has 0 spiro atoms. The average molecular weight is 451 g/mol. The Morgan fingerprint density at radius 3 is 2.84 bits per heavy atom. The topological polar surface area (TPSA) is 85.6 Å². The van der Waals surface area contributed by atoms with Crippen LogP contribution in [0.25, 0.3) is 27.5 Å². The second kappa shape index (κ2) is 7.86. The third kappa shape index (κ3) is 3.51. The molecule has 0 aromatic carbocycles. The van der Waals surface area contributed by atoms with E-state index in [0.717, 1.165) is 58.0 Å². The van der Waals surface area contributed by atoms with E-state index in [-0.39, 0.29) is 5.91 Å². The molecule has 1 aliphatic rings. The highest BCUT2D eigenvalue weighted by molar-refractivity contribution is 7.19. The van der Waals surface area contributed by atoms with Gasteiger partial charge in [-0.2, -0.15) is 5.10 Å². The van der Waals surface area contributed by atoms with Gasteiger partial charge < -0.3 is 5.32 Å². The van der Waals surface area contributed by atoms with Crippen LogP contribution in [0.5, 0.6) is 0 Å². The summed E-state index contributed by atoms with van der Waals surface area (Å²) in [5, 5.41) is 8.73. The average Bonchev–Trinajstić information content (AvgIpc) is 3.34. The van der Waals surface area contributed by atoms with Crippen molar-refractivity contribution in [3.63, 3.8) is 0 Å². The molecule has 0 bridgehead atoms. The predicted molar refractivity (Wildman–Crippen MR) is 122 cm³/mol. The number of thiazole rings is 1. The molecule has 0 radical (unpaired) electrons. The number of halogens is 1. The van der Waals surface area contributed by atoms with Crippen molar-refractivity contribution in [1.82, 2.24) is 24.7 Å². The van der Waals surface area contributed by atoms with E-state index in [9.17, 15) is 4.79 Å². The number of carbonyl (C=O) groups excluding carboxylic acids is 1. The molecule has 1 amide bonds. The first-order chi connectivity index (χ1) is 15.0. The van der Waals surface area contributed by atoms with Crippen LogP contribution in [-0.2, 0) is 24.1 Å². The van der Waals surface area contributed by atoms with Gasteiger partial charge in [-0.3, -0.25) is 9.78 Å². The maximum Gasteiger partial charge on any atom is 0.223 e. The summed E-state index contributed by atoms with van der Waals surface area (Å²) in [6, 6.07) is 7.84. The minimum atomic E-state index is -0.141. The van der Waals surface area contributed by atoms with Crippen LogP contribution < -0.4 is 5.32 Å². The number of hydrogen-bond donors (Lipinski definition) is 1. The van der Waals surface area contributed by atoms with Gasteiger partial charge in [-0.1, -0.05) is 29.9 Å². The summed E-state index contributed by atoms with van der Waals surface area (Å²) in [5.74, 6) is -0.141. The third-order valence-electron chi connectivity index (χ3n) is 5.22. The summed E-state index contributed by atoms with van der Waals surface area (Å²) in [5.41, 5.74) is 6.60. The molecular formula is C22H19ClN6OS. The Labute approximate surface area is 188 Å². The molecule has 7 nitrogen and oxygen atoms in total. The molecule has 0 aliphatic heterocycles. The molecule has 31 heavy (non-hydrogen) atoms. The standard InChI is InChI=1S/C22H19ClN6OS/c1-3-14-7-6-13(11-25-14)18-15-8-9-16-20(31-22(27-16)26-12(2)30)19(15)29(28-18)17-5-4-10-24-21(17)23/h4-7,10-11H,3,8-9H2,1-2H3,(H,26,27,30). The van der Waals surface area contributed by atoms with Crippen molar-refractivity contribution in [2.75, 3.05) is 5.32 Å². The van der Waals surface area contributed by atoms with Crippen LogP contribution in [0, 0.1) is 0 Å². The number of carbonyl (C=O) groups is 1. The number of nitrogens with zero attached hydrogens (tertiary/aromatic N) is 5. The van der Waals surface area contributed by atoms with Gasteiger partial charge >= 0.3 is 0 Å². The molecule has 0 atom stereocenters. The molecule has 1 N–H and O–H groups in total. The Kier molecular flexibility index (Phi) is 5.03. The Bertz CT molecular complexity index is 1290. The van der Waals surface area contributed by atoms with Crippen molar-refractivity contribution in [3.05, 3.63) is 58.8 Å². The van der Waals surface area contributed by atoms with Crippen LogP contribution in [0.4, 0.5) is 5.13 Å². The number of nitrogens with one attached hydrogen (secondary N) is 1. The van der Waals surface area contributed by atoms with Crippen LogP contribution >= 0.6 is 22.9 Å². The fourth-order valence-corrected chi connectivity index (χ4v) is 5.10. The largest absolute Gasteiger partial charge is 0.302 e. The molecule has 1 aliphatic carbocycles. The van der Waals surface area contributed by atoms with E-state index in [2.05, 4.69) is 33.3 Å². The number of anilines is 1. The minimum absolute atomic E-state index is 0.141. The first-order valence-corrected chi connectivity index (χ1v) is 11.2. The number of fused-ring (bicyclic) bond motifs is 3. The zero-order valence-corrected chi connectivity index (χ0v) is 18.6. The summed E-state index contributed by atoms with van der Waals surface area (Å²) >= 11 is 7.90. The molecule has 0 saturated carbocycles. The van der Waals surface area contributed by atoms with Gasteiger partial charge in [0.25, 0.3) is 0 Å². The summed E-state index contributed by atoms with van der Waals surface area (Å²) in [4.78, 5) is 26.0. The number of aromatic nitrogens is 5. The van der Waals surface area contributed by atoms with E-state index in [1.165, 1.54) is 18.3 Å².